The molecule has 0 spiro atoms. The van der Waals surface area contributed by atoms with Gasteiger partial charge in [-0.05, 0) is 31.2 Å². The first-order chi connectivity index (χ1) is 13.1. The standard InChI is InChI=1S/C19H22N4O4/c1-2-27-18-7-6-15(13-17(18)23(25)26)19(24)22-11-9-21(10-12-22)14-16-5-3-4-8-20-16/h3-8,13H,2,9-12,14H2,1H3. The summed E-state index contributed by atoms with van der Waals surface area (Å²) in [5.74, 6) is -0.0159. The number of nitro benzene ring substituents is 1. The summed E-state index contributed by atoms with van der Waals surface area (Å²) >= 11 is 0. The quantitative estimate of drug-likeness (QED) is 0.573. The monoisotopic (exact) mass is 370 g/mol. The summed E-state index contributed by atoms with van der Waals surface area (Å²) in [5.41, 5.74) is 1.12. The Kier molecular flexibility index (Phi) is 5.97. The van der Waals surface area contributed by atoms with Gasteiger partial charge in [0.2, 0.25) is 0 Å². The van der Waals surface area contributed by atoms with Crippen molar-refractivity contribution in [1.82, 2.24) is 14.8 Å². The van der Waals surface area contributed by atoms with Crippen LogP contribution in [-0.2, 0) is 6.54 Å². The maximum atomic E-state index is 12.7. The van der Waals surface area contributed by atoms with Crippen molar-refractivity contribution in [3.05, 3.63) is 64.0 Å². The summed E-state index contributed by atoms with van der Waals surface area (Å²) in [7, 11) is 0. The van der Waals surface area contributed by atoms with E-state index in [1.165, 1.54) is 12.1 Å². The highest BCUT2D eigenvalue weighted by Gasteiger charge is 2.25. The number of hydrogen-bond acceptors (Lipinski definition) is 6. The average molecular weight is 370 g/mol. The minimum atomic E-state index is -0.521. The number of amides is 1. The number of hydrogen-bond donors (Lipinski definition) is 0. The van der Waals surface area contributed by atoms with Gasteiger partial charge in [0.25, 0.3) is 5.91 Å². The molecule has 1 aromatic carbocycles. The number of carbonyl (C=O) groups is 1. The van der Waals surface area contributed by atoms with Gasteiger partial charge in [0, 0.05) is 50.6 Å². The van der Waals surface area contributed by atoms with Crippen LogP contribution in [0.1, 0.15) is 23.0 Å². The highest BCUT2D eigenvalue weighted by Crippen LogP contribution is 2.28. The van der Waals surface area contributed by atoms with Crippen molar-refractivity contribution < 1.29 is 14.5 Å². The molecule has 0 atom stereocenters. The first-order valence-electron chi connectivity index (χ1n) is 8.91. The van der Waals surface area contributed by atoms with Gasteiger partial charge in [-0.25, -0.2) is 0 Å². The maximum absolute atomic E-state index is 12.7. The second-order valence-corrected chi connectivity index (χ2v) is 6.26. The lowest BCUT2D eigenvalue weighted by Gasteiger charge is -2.34. The zero-order chi connectivity index (χ0) is 19.2. The molecule has 2 aromatic rings. The Bertz CT molecular complexity index is 805. The molecular formula is C19H22N4O4. The highest BCUT2D eigenvalue weighted by molar-refractivity contribution is 5.95. The zero-order valence-corrected chi connectivity index (χ0v) is 15.2. The van der Waals surface area contributed by atoms with Crippen LogP contribution >= 0.6 is 0 Å². The fourth-order valence-corrected chi connectivity index (χ4v) is 3.08. The van der Waals surface area contributed by atoms with Crippen LogP contribution in [0.25, 0.3) is 0 Å². The molecule has 1 amide bonds. The topological polar surface area (TPSA) is 88.8 Å². The van der Waals surface area contributed by atoms with Crippen molar-refractivity contribution in [2.24, 2.45) is 0 Å². The summed E-state index contributed by atoms with van der Waals surface area (Å²) in [5, 5.41) is 11.3. The number of nitrogens with zero attached hydrogens (tertiary/aromatic N) is 4. The van der Waals surface area contributed by atoms with E-state index < -0.39 is 4.92 Å². The summed E-state index contributed by atoms with van der Waals surface area (Å²) in [6, 6.07) is 10.2. The Balaban J connectivity index is 1.63. The van der Waals surface area contributed by atoms with Crippen molar-refractivity contribution in [2.45, 2.75) is 13.5 Å². The van der Waals surface area contributed by atoms with Crippen molar-refractivity contribution in [3.63, 3.8) is 0 Å². The highest BCUT2D eigenvalue weighted by atomic mass is 16.6. The van der Waals surface area contributed by atoms with Crippen molar-refractivity contribution in [3.8, 4) is 5.75 Å². The average Bonchev–Trinajstić information content (AvgIpc) is 2.69. The molecule has 3 rings (SSSR count). The van der Waals surface area contributed by atoms with Gasteiger partial charge in [-0.1, -0.05) is 6.07 Å². The molecule has 8 heteroatoms. The molecule has 0 bridgehead atoms. The van der Waals surface area contributed by atoms with Crippen LogP contribution in [-0.4, -0.2) is 58.4 Å². The SMILES string of the molecule is CCOc1ccc(C(=O)N2CCN(Cc3ccccn3)CC2)cc1[N+](=O)[O-]. The van der Waals surface area contributed by atoms with Crippen LogP contribution in [0.3, 0.4) is 0 Å². The lowest BCUT2D eigenvalue weighted by atomic mass is 10.1. The molecule has 142 valence electrons. The fraction of sp³-hybridized carbons (Fsp3) is 0.368. The predicted molar refractivity (Wildman–Crippen MR) is 99.7 cm³/mol. The van der Waals surface area contributed by atoms with Gasteiger partial charge in [0.1, 0.15) is 0 Å². The number of pyridine rings is 1. The van der Waals surface area contributed by atoms with Crippen LogP contribution in [0.15, 0.2) is 42.6 Å². The first kappa shape index (κ1) is 18.8. The summed E-state index contributed by atoms with van der Waals surface area (Å²) < 4.78 is 5.27. The molecule has 2 heterocycles. The molecule has 1 aromatic heterocycles. The van der Waals surface area contributed by atoms with Gasteiger partial charge in [-0.3, -0.25) is 24.8 Å². The third-order valence-electron chi connectivity index (χ3n) is 4.47. The van der Waals surface area contributed by atoms with Crippen molar-refractivity contribution in [2.75, 3.05) is 32.8 Å². The smallest absolute Gasteiger partial charge is 0.311 e. The molecule has 0 saturated carbocycles. The first-order valence-corrected chi connectivity index (χ1v) is 8.91. The zero-order valence-electron chi connectivity index (χ0n) is 15.2. The molecule has 0 N–H and O–H groups in total. The Hall–Kier alpha value is -3.00. The largest absolute Gasteiger partial charge is 0.487 e. The van der Waals surface area contributed by atoms with Gasteiger partial charge in [-0.15, -0.1) is 0 Å². The summed E-state index contributed by atoms with van der Waals surface area (Å²) in [4.78, 5) is 31.8. The lowest BCUT2D eigenvalue weighted by Crippen LogP contribution is -2.48. The summed E-state index contributed by atoms with van der Waals surface area (Å²) in [6.07, 6.45) is 1.77. The van der Waals surface area contributed by atoms with E-state index in [1.807, 2.05) is 18.2 Å². The molecule has 27 heavy (non-hydrogen) atoms. The second kappa shape index (κ2) is 8.59. The van der Waals surface area contributed by atoms with E-state index in [-0.39, 0.29) is 17.3 Å². The number of ether oxygens (including phenoxy) is 1. The number of benzene rings is 1. The van der Waals surface area contributed by atoms with E-state index >= 15 is 0 Å². The Labute approximate surface area is 157 Å². The minimum Gasteiger partial charge on any atom is -0.487 e. The molecule has 0 radical (unpaired) electrons. The molecule has 0 aliphatic carbocycles. The minimum absolute atomic E-state index is 0.180. The molecule has 1 aliphatic rings. The van der Waals surface area contributed by atoms with Gasteiger partial charge in [0.05, 0.1) is 17.2 Å². The van der Waals surface area contributed by atoms with Crippen LogP contribution in [0.4, 0.5) is 5.69 Å². The molecular weight excluding hydrogens is 348 g/mol. The van der Waals surface area contributed by atoms with Crippen molar-refractivity contribution >= 4 is 11.6 Å². The molecule has 1 aliphatic heterocycles. The number of nitro groups is 1. The van der Waals surface area contributed by atoms with E-state index in [4.69, 9.17) is 4.74 Å². The maximum Gasteiger partial charge on any atom is 0.311 e. The van der Waals surface area contributed by atoms with Crippen LogP contribution < -0.4 is 4.74 Å². The third-order valence-corrected chi connectivity index (χ3v) is 4.47. The number of carbonyl (C=O) groups excluding carboxylic acids is 1. The van der Waals surface area contributed by atoms with E-state index in [0.29, 0.717) is 25.3 Å². The predicted octanol–water partition coefficient (Wildman–Crippen LogP) is 2.35. The van der Waals surface area contributed by atoms with Crippen LogP contribution in [0.2, 0.25) is 0 Å². The molecule has 0 unspecified atom stereocenters. The van der Waals surface area contributed by atoms with E-state index in [9.17, 15) is 14.9 Å². The van der Waals surface area contributed by atoms with Gasteiger partial charge in [-0.2, -0.15) is 0 Å². The van der Waals surface area contributed by atoms with E-state index in [2.05, 4.69) is 9.88 Å². The van der Waals surface area contributed by atoms with Gasteiger partial charge >= 0.3 is 5.69 Å². The summed E-state index contributed by atoms with van der Waals surface area (Å²) in [6.45, 7) is 5.46. The Morgan fingerprint density at radius 1 is 1.22 bits per heavy atom. The van der Waals surface area contributed by atoms with E-state index in [0.717, 1.165) is 25.3 Å². The lowest BCUT2D eigenvalue weighted by molar-refractivity contribution is -0.385. The van der Waals surface area contributed by atoms with Gasteiger partial charge < -0.3 is 9.64 Å². The number of piperazine rings is 1. The van der Waals surface area contributed by atoms with Gasteiger partial charge in [0.15, 0.2) is 5.75 Å². The molecule has 1 saturated heterocycles. The molecule has 1 fully saturated rings. The second-order valence-electron chi connectivity index (χ2n) is 6.26. The van der Waals surface area contributed by atoms with Crippen molar-refractivity contribution in [1.29, 1.82) is 0 Å². The normalized spacial score (nSPS) is 14.8. The molecule has 8 nitrogen and oxygen atoms in total. The Morgan fingerprint density at radius 3 is 2.63 bits per heavy atom. The van der Waals surface area contributed by atoms with Crippen LogP contribution in [0.5, 0.6) is 5.75 Å². The Morgan fingerprint density at radius 2 is 2.00 bits per heavy atom. The number of rotatable bonds is 6. The fourth-order valence-electron chi connectivity index (χ4n) is 3.08. The van der Waals surface area contributed by atoms with E-state index in [1.54, 1.807) is 24.1 Å². The number of aromatic nitrogens is 1. The third kappa shape index (κ3) is 4.59. The van der Waals surface area contributed by atoms with Crippen LogP contribution in [0, 0.1) is 10.1 Å².